The van der Waals surface area contributed by atoms with Crippen LogP contribution in [0.25, 0.3) is 0 Å². The van der Waals surface area contributed by atoms with E-state index in [1.54, 1.807) is 0 Å². The summed E-state index contributed by atoms with van der Waals surface area (Å²) < 4.78 is 6.15. The van der Waals surface area contributed by atoms with Gasteiger partial charge in [-0.2, -0.15) is 0 Å². The van der Waals surface area contributed by atoms with Crippen LogP contribution in [0.15, 0.2) is 0 Å². The van der Waals surface area contributed by atoms with Gasteiger partial charge in [0.2, 0.25) is 0 Å². The fourth-order valence-corrected chi connectivity index (χ4v) is 3.21. The van der Waals surface area contributed by atoms with Crippen molar-refractivity contribution in [3.63, 3.8) is 0 Å². The van der Waals surface area contributed by atoms with Gasteiger partial charge in [0.1, 0.15) is 5.78 Å². The molecule has 20 heavy (non-hydrogen) atoms. The number of carbonyl (C=O) groups is 2. The first-order valence-electron chi connectivity index (χ1n) is 7.18. The molecule has 0 radical (unpaired) electrons. The van der Waals surface area contributed by atoms with E-state index in [1.165, 1.54) is 0 Å². The first-order valence-corrected chi connectivity index (χ1v) is 10.1. The van der Waals surface area contributed by atoms with Crippen LogP contribution < -0.4 is 5.32 Å². The summed E-state index contributed by atoms with van der Waals surface area (Å²) in [5.74, 6) is 0.166. The Hall–Kier alpha value is -0.883. The van der Waals surface area contributed by atoms with Gasteiger partial charge in [-0.15, -0.1) is 0 Å². The smallest absolute Gasteiger partial charge is 0.404 e. The monoisotopic (exact) mass is 301 g/mol. The Morgan fingerprint density at radius 2 is 2.05 bits per heavy atom. The Morgan fingerprint density at radius 3 is 2.55 bits per heavy atom. The summed E-state index contributed by atoms with van der Waals surface area (Å²) in [4.78, 5) is 22.4. The molecule has 2 N–H and O–H groups in total. The third-order valence-corrected chi connectivity index (χ3v) is 9.07. The van der Waals surface area contributed by atoms with Crippen LogP contribution in [-0.4, -0.2) is 37.9 Å². The summed E-state index contributed by atoms with van der Waals surface area (Å²) in [5, 5.41) is 11.5. The molecule has 1 saturated carbocycles. The molecule has 1 aliphatic carbocycles. The average Bonchev–Trinajstić information content (AvgIpc) is 2.27. The first kappa shape index (κ1) is 17.2. The Bertz CT molecular complexity index is 376. The number of hydrogen-bond donors (Lipinski definition) is 2. The Morgan fingerprint density at radius 1 is 1.45 bits per heavy atom. The number of rotatable bonds is 4. The summed E-state index contributed by atoms with van der Waals surface area (Å²) in [5.41, 5.74) is 0. The van der Waals surface area contributed by atoms with E-state index < -0.39 is 14.4 Å². The molecule has 5 nitrogen and oxygen atoms in total. The molecule has 0 aromatic heterocycles. The van der Waals surface area contributed by atoms with Crippen LogP contribution in [0.2, 0.25) is 18.1 Å². The van der Waals surface area contributed by atoms with Gasteiger partial charge in [-0.3, -0.25) is 4.79 Å². The molecule has 0 spiro atoms. The van der Waals surface area contributed by atoms with Crippen LogP contribution in [0.4, 0.5) is 4.79 Å². The lowest BCUT2D eigenvalue weighted by Crippen LogP contribution is -2.48. The molecular formula is C14H27NO4Si. The average molecular weight is 301 g/mol. The highest BCUT2D eigenvalue weighted by molar-refractivity contribution is 6.74. The highest BCUT2D eigenvalue weighted by Gasteiger charge is 2.39. The van der Waals surface area contributed by atoms with Crippen LogP contribution in [0.1, 0.15) is 40.0 Å². The minimum Gasteiger partial charge on any atom is -0.465 e. The number of carbonyl (C=O) groups excluding carboxylic acids is 1. The van der Waals surface area contributed by atoms with Crippen LogP contribution in [0.5, 0.6) is 0 Å². The van der Waals surface area contributed by atoms with Crippen LogP contribution in [0, 0.1) is 5.92 Å². The fraction of sp³-hybridized carbons (Fsp3) is 0.857. The molecule has 0 aromatic rings. The SMILES string of the molecule is CC(C)(C)[Si](C)(C)OC[C@H]1CC(=O)CC[C@@H]1NC(=O)O. The topological polar surface area (TPSA) is 75.6 Å². The number of hydrogen-bond acceptors (Lipinski definition) is 3. The summed E-state index contributed by atoms with van der Waals surface area (Å²) in [6.07, 6.45) is 0.430. The molecule has 116 valence electrons. The van der Waals surface area contributed by atoms with Gasteiger partial charge in [0.25, 0.3) is 0 Å². The molecule has 0 bridgehead atoms. The first-order chi connectivity index (χ1) is 9.03. The maximum absolute atomic E-state index is 11.6. The van der Waals surface area contributed by atoms with Crippen molar-refractivity contribution in [1.82, 2.24) is 5.32 Å². The van der Waals surface area contributed by atoms with Crippen molar-refractivity contribution in [3.8, 4) is 0 Å². The number of Topliss-reactive ketones (excluding diaryl/α,β-unsaturated/α-hetero) is 1. The van der Waals surface area contributed by atoms with Crippen LogP contribution in [-0.2, 0) is 9.22 Å². The third kappa shape index (κ3) is 4.59. The van der Waals surface area contributed by atoms with Crippen molar-refractivity contribution in [2.75, 3.05) is 6.61 Å². The standard InChI is InChI=1S/C14H27NO4Si/c1-14(2,3)20(4,5)19-9-10-8-11(16)6-7-12(10)15-13(17)18/h10,12,15H,6-9H2,1-5H3,(H,17,18)/t10-,12+/m1/s1. The molecule has 1 rings (SSSR count). The molecule has 0 saturated heterocycles. The molecular weight excluding hydrogens is 274 g/mol. The van der Waals surface area contributed by atoms with Gasteiger partial charge >= 0.3 is 6.09 Å². The summed E-state index contributed by atoms with van der Waals surface area (Å²) >= 11 is 0. The van der Waals surface area contributed by atoms with Gasteiger partial charge in [-0.1, -0.05) is 20.8 Å². The van der Waals surface area contributed by atoms with Gasteiger partial charge in [-0.25, -0.2) is 4.79 Å². The Kier molecular flexibility index (Phi) is 5.37. The largest absolute Gasteiger partial charge is 0.465 e. The summed E-state index contributed by atoms with van der Waals surface area (Å²) in [7, 11) is -1.87. The zero-order valence-electron chi connectivity index (χ0n) is 13.2. The van der Waals surface area contributed by atoms with Gasteiger partial charge in [0.15, 0.2) is 8.32 Å². The van der Waals surface area contributed by atoms with E-state index in [9.17, 15) is 9.59 Å². The molecule has 6 heteroatoms. The van der Waals surface area contributed by atoms with E-state index in [0.717, 1.165) is 0 Å². The fourth-order valence-electron chi connectivity index (χ4n) is 2.14. The van der Waals surface area contributed by atoms with Crippen LogP contribution in [0.3, 0.4) is 0 Å². The number of nitrogens with one attached hydrogen (secondary N) is 1. The number of carboxylic acid groups (broad SMARTS) is 1. The second-order valence-corrected chi connectivity index (χ2v) is 12.0. The third-order valence-electron chi connectivity index (χ3n) is 4.57. The van der Waals surface area contributed by atoms with Crippen molar-refractivity contribution >= 4 is 20.2 Å². The normalized spacial score (nSPS) is 24.6. The van der Waals surface area contributed by atoms with Gasteiger partial charge in [0.05, 0.1) is 0 Å². The molecule has 0 aromatic carbocycles. The Balaban J connectivity index is 2.66. The molecule has 1 fully saturated rings. The lowest BCUT2D eigenvalue weighted by Gasteiger charge is -2.39. The maximum Gasteiger partial charge on any atom is 0.404 e. The van der Waals surface area contributed by atoms with Crippen molar-refractivity contribution < 1.29 is 19.1 Å². The lowest BCUT2D eigenvalue weighted by molar-refractivity contribution is -0.122. The van der Waals surface area contributed by atoms with E-state index in [-0.39, 0.29) is 22.8 Å². The second kappa shape index (κ2) is 6.26. The van der Waals surface area contributed by atoms with Gasteiger partial charge in [0, 0.05) is 31.4 Å². The predicted octanol–water partition coefficient (Wildman–Crippen LogP) is 3.01. The van der Waals surface area contributed by atoms with E-state index in [1.807, 2.05) is 0 Å². The quantitative estimate of drug-likeness (QED) is 0.783. The van der Waals surface area contributed by atoms with Crippen LogP contribution >= 0.6 is 0 Å². The number of ketones is 1. The Labute approximate surface area is 122 Å². The number of amides is 1. The molecule has 0 unspecified atom stereocenters. The van der Waals surface area contributed by atoms with E-state index in [0.29, 0.717) is 25.9 Å². The lowest BCUT2D eigenvalue weighted by atomic mass is 9.84. The highest BCUT2D eigenvalue weighted by Crippen LogP contribution is 2.37. The summed E-state index contributed by atoms with van der Waals surface area (Å²) in [6.45, 7) is 11.3. The minimum absolute atomic E-state index is 0.0403. The van der Waals surface area contributed by atoms with Crippen molar-refractivity contribution in [2.45, 2.75) is 64.2 Å². The molecule has 1 aliphatic rings. The van der Waals surface area contributed by atoms with Crippen molar-refractivity contribution in [3.05, 3.63) is 0 Å². The second-order valence-electron chi connectivity index (χ2n) is 7.17. The highest BCUT2D eigenvalue weighted by atomic mass is 28.4. The van der Waals surface area contributed by atoms with Gasteiger partial charge in [-0.05, 0) is 24.6 Å². The van der Waals surface area contributed by atoms with E-state index in [4.69, 9.17) is 9.53 Å². The molecule has 1 amide bonds. The molecule has 2 atom stereocenters. The van der Waals surface area contributed by atoms with Crippen molar-refractivity contribution in [2.24, 2.45) is 5.92 Å². The van der Waals surface area contributed by atoms with Gasteiger partial charge < -0.3 is 14.8 Å². The molecule has 0 aliphatic heterocycles. The van der Waals surface area contributed by atoms with E-state index >= 15 is 0 Å². The zero-order valence-corrected chi connectivity index (χ0v) is 14.2. The maximum atomic E-state index is 11.6. The summed E-state index contributed by atoms with van der Waals surface area (Å²) in [6, 6.07) is -0.171. The predicted molar refractivity (Wildman–Crippen MR) is 80.4 cm³/mol. The minimum atomic E-state index is -1.87. The van der Waals surface area contributed by atoms with Crippen molar-refractivity contribution in [1.29, 1.82) is 0 Å². The zero-order chi connectivity index (χ0) is 15.6. The molecule has 0 heterocycles. The van der Waals surface area contributed by atoms with E-state index in [2.05, 4.69) is 39.2 Å².